The molecule has 0 atom stereocenters. The van der Waals surface area contributed by atoms with E-state index in [1.54, 1.807) is 0 Å². The van der Waals surface area contributed by atoms with Gasteiger partial charge in [0, 0.05) is 18.9 Å². The average Bonchev–Trinajstić information content (AvgIpc) is 2.93. The highest BCUT2D eigenvalue weighted by molar-refractivity contribution is 5.73. The van der Waals surface area contributed by atoms with Gasteiger partial charge in [-0.3, -0.25) is 0 Å². The van der Waals surface area contributed by atoms with Crippen molar-refractivity contribution in [1.82, 2.24) is 20.0 Å². The summed E-state index contributed by atoms with van der Waals surface area (Å²) in [4.78, 5) is 16.6. The zero-order chi connectivity index (χ0) is 18.0. The number of hydrogen-bond acceptors (Lipinski definition) is 2. The van der Waals surface area contributed by atoms with Crippen molar-refractivity contribution in [1.29, 1.82) is 0 Å². The molecule has 0 saturated carbocycles. The number of nitrogens with zero attached hydrogens (tertiary/aromatic N) is 2. The van der Waals surface area contributed by atoms with Crippen LogP contribution in [0, 0.1) is 27.7 Å². The van der Waals surface area contributed by atoms with Crippen molar-refractivity contribution in [3.63, 3.8) is 0 Å². The van der Waals surface area contributed by atoms with E-state index in [-0.39, 0.29) is 6.03 Å². The lowest BCUT2D eigenvalue weighted by atomic mass is 10.00. The molecule has 2 aromatic heterocycles. The third-order valence-corrected chi connectivity index (χ3v) is 4.34. The number of rotatable bonds is 4. The topological polar surface area (TPSA) is 58.4 Å². The SMILES string of the molecule is Cc1cc(C)c(CNC(=O)NCc2cn3cc(C)ccc3n2)c(C)c1. The largest absolute Gasteiger partial charge is 0.334 e. The standard InChI is InChI=1S/C20H24N4O/c1-13-5-6-19-23-17(12-24(19)11-13)9-21-20(25)22-10-18-15(3)7-14(2)8-16(18)4/h5-8,11-12H,9-10H2,1-4H3,(H2,21,22,25). The predicted molar refractivity (Wildman–Crippen MR) is 99.7 cm³/mol. The van der Waals surface area contributed by atoms with Crippen LogP contribution in [-0.2, 0) is 13.1 Å². The summed E-state index contributed by atoms with van der Waals surface area (Å²) in [5.41, 5.74) is 7.71. The molecular formula is C20H24N4O. The normalized spacial score (nSPS) is 10.9. The molecule has 2 amide bonds. The van der Waals surface area contributed by atoms with E-state index >= 15 is 0 Å². The molecule has 0 saturated heterocycles. The zero-order valence-electron chi connectivity index (χ0n) is 15.2. The first-order valence-electron chi connectivity index (χ1n) is 8.45. The molecule has 3 aromatic rings. The second kappa shape index (κ2) is 6.97. The fourth-order valence-corrected chi connectivity index (χ4v) is 3.13. The number of nitrogens with one attached hydrogen (secondary N) is 2. The van der Waals surface area contributed by atoms with Gasteiger partial charge in [-0.1, -0.05) is 23.8 Å². The summed E-state index contributed by atoms with van der Waals surface area (Å²) in [5, 5.41) is 5.80. The maximum absolute atomic E-state index is 12.1. The minimum Gasteiger partial charge on any atom is -0.334 e. The molecule has 5 nitrogen and oxygen atoms in total. The molecular weight excluding hydrogens is 312 g/mol. The number of hydrogen-bond donors (Lipinski definition) is 2. The fourth-order valence-electron chi connectivity index (χ4n) is 3.13. The van der Waals surface area contributed by atoms with E-state index in [4.69, 9.17) is 0 Å². The highest BCUT2D eigenvalue weighted by atomic mass is 16.2. The second-order valence-electron chi connectivity index (χ2n) is 6.62. The van der Waals surface area contributed by atoms with Crippen LogP contribution in [0.15, 0.2) is 36.7 Å². The third kappa shape index (κ3) is 3.99. The molecule has 0 unspecified atom stereocenters. The van der Waals surface area contributed by atoms with Crippen LogP contribution in [0.4, 0.5) is 4.79 Å². The number of amides is 2. The molecule has 0 aliphatic rings. The van der Waals surface area contributed by atoms with Gasteiger partial charge in [-0.15, -0.1) is 0 Å². The lowest BCUT2D eigenvalue weighted by Gasteiger charge is -2.12. The maximum atomic E-state index is 12.1. The van der Waals surface area contributed by atoms with Crippen LogP contribution in [0.5, 0.6) is 0 Å². The smallest absolute Gasteiger partial charge is 0.315 e. The Labute approximate surface area is 148 Å². The number of fused-ring (bicyclic) bond motifs is 1. The second-order valence-corrected chi connectivity index (χ2v) is 6.62. The summed E-state index contributed by atoms with van der Waals surface area (Å²) < 4.78 is 1.98. The van der Waals surface area contributed by atoms with Gasteiger partial charge in [-0.2, -0.15) is 0 Å². The van der Waals surface area contributed by atoms with E-state index in [1.807, 2.05) is 35.9 Å². The number of imidazole rings is 1. The summed E-state index contributed by atoms with van der Waals surface area (Å²) in [6.45, 7) is 9.20. The van der Waals surface area contributed by atoms with Gasteiger partial charge in [0.05, 0.1) is 12.2 Å². The van der Waals surface area contributed by atoms with Crippen LogP contribution in [0.1, 0.15) is 33.5 Å². The highest BCUT2D eigenvalue weighted by Gasteiger charge is 2.07. The number of aromatic nitrogens is 2. The van der Waals surface area contributed by atoms with Gasteiger partial charge in [0.1, 0.15) is 5.65 Å². The van der Waals surface area contributed by atoms with Gasteiger partial charge >= 0.3 is 6.03 Å². The Hall–Kier alpha value is -2.82. The summed E-state index contributed by atoms with van der Waals surface area (Å²) in [7, 11) is 0. The van der Waals surface area contributed by atoms with Crippen molar-refractivity contribution in [3.8, 4) is 0 Å². The van der Waals surface area contributed by atoms with Crippen molar-refractivity contribution in [3.05, 3.63) is 70.2 Å². The van der Waals surface area contributed by atoms with E-state index < -0.39 is 0 Å². The Morgan fingerprint density at radius 2 is 1.64 bits per heavy atom. The number of aryl methyl sites for hydroxylation is 4. The molecule has 0 spiro atoms. The van der Waals surface area contributed by atoms with E-state index in [2.05, 4.69) is 48.5 Å². The zero-order valence-corrected chi connectivity index (χ0v) is 15.2. The van der Waals surface area contributed by atoms with Crippen molar-refractivity contribution >= 4 is 11.7 Å². The molecule has 5 heteroatoms. The molecule has 0 aliphatic carbocycles. The Kier molecular flexibility index (Phi) is 4.74. The molecule has 2 heterocycles. The van der Waals surface area contributed by atoms with Crippen LogP contribution in [0.3, 0.4) is 0 Å². The Morgan fingerprint density at radius 1 is 0.960 bits per heavy atom. The van der Waals surface area contributed by atoms with Crippen LogP contribution < -0.4 is 10.6 Å². The Morgan fingerprint density at radius 3 is 2.36 bits per heavy atom. The van der Waals surface area contributed by atoms with Crippen molar-refractivity contribution in [2.45, 2.75) is 40.8 Å². The quantitative estimate of drug-likeness (QED) is 0.765. The van der Waals surface area contributed by atoms with E-state index in [1.165, 1.54) is 27.8 Å². The molecule has 1 aromatic carbocycles. The maximum Gasteiger partial charge on any atom is 0.315 e. The van der Waals surface area contributed by atoms with Crippen molar-refractivity contribution in [2.75, 3.05) is 0 Å². The van der Waals surface area contributed by atoms with Gasteiger partial charge in [-0.25, -0.2) is 9.78 Å². The van der Waals surface area contributed by atoms with Crippen LogP contribution in [0.25, 0.3) is 5.65 Å². The molecule has 0 fully saturated rings. The summed E-state index contributed by atoms with van der Waals surface area (Å²) in [6.07, 6.45) is 3.96. The molecule has 130 valence electrons. The van der Waals surface area contributed by atoms with Crippen molar-refractivity contribution < 1.29 is 4.79 Å². The minimum absolute atomic E-state index is 0.187. The van der Waals surface area contributed by atoms with E-state index in [0.29, 0.717) is 13.1 Å². The molecule has 25 heavy (non-hydrogen) atoms. The van der Waals surface area contributed by atoms with Gasteiger partial charge < -0.3 is 15.0 Å². The van der Waals surface area contributed by atoms with Crippen LogP contribution in [0.2, 0.25) is 0 Å². The first-order chi connectivity index (χ1) is 11.9. The Bertz CT molecular complexity index is 904. The summed E-state index contributed by atoms with van der Waals surface area (Å²) >= 11 is 0. The average molecular weight is 336 g/mol. The lowest BCUT2D eigenvalue weighted by molar-refractivity contribution is 0.240. The fraction of sp³-hybridized carbons (Fsp3) is 0.300. The molecule has 2 N–H and O–H groups in total. The Balaban J connectivity index is 1.57. The van der Waals surface area contributed by atoms with Crippen molar-refractivity contribution in [2.24, 2.45) is 0 Å². The summed E-state index contributed by atoms with van der Waals surface area (Å²) in [5.74, 6) is 0. The minimum atomic E-state index is -0.187. The molecule has 3 rings (SSSR count). The highest BCUT2D eigenvalue weighted by Crippen LogP contribution is 2.16. The number of benzene rings is 1. The number of carbonyl (C=O) groups is 1. The number of pyridine rings is 1. The first kappa shape index (κ1) is 17.0. The van der Waals surface area contributed by atoms with Crippen LogP contribution >= 0.6 is 0 Å². The van der Waals surface area contributed by atoms with E-state index in [9.17, 15) is 4.79 Å². The van der Waals surface area contributed by atoms with Gasteiger partial charge in [-0.05, 0) is 56.0 Å². The van der Waals surface area contributed by atoms with Gasteiger partial charge in [0.15, 0.2) is 0 Å². The molecule has 0 bridgehead atoms. The first-order valence-corrected chi connectivity index (χ1v) is 8.45. The lowest BCUT2D eigenvalue weighted by Crippen LogP contribution is -2.35. The van der Waals surface area contributed by atoms with Gasteiger partial charge in [0.2, 0.25) is 0 Å². The number of urea groups is 1. The van der Waals surface area contributed by atoms with Gasteiger partial charge in [0.25, 0.3) is 0 Å². The van der Waals surface area contributed by atoms with Crippen LogP contribution in [-0.4, -0.2) is 15.4 Å². The van der Waals surface area contributed by atoms with E-state index in [0.717, 1.165) is 11.3 Å². The summed E-state index contributed by atoms with van der Waals surface area (Å²) in [6, 6.07) is 8.09. The molecule has 0 aliphatic heterocycles. The number of carbonyl (C=O) groups excluding carboxylic acids is 1. The third-order valence-electron chi connectivity index (χ3n) is 4.34. The molecule has 0 radical (unpaired) electrons. The monoisotopic (exact) mass is 336 g/mol. The predicted octanol–water partition coefficient (Wildman–Crippen LogP) is 3.57.